The van der Waals surface area contributed by atoms with E-state index >= 15 is 0 Å². The maximum Gasteiger partial charge on any atom is 0.351 e. The predicted molar refractivity (Wildman–Crippen MR) is 124 cm³/mol. The summed E-state index contributed by atoms with van der Waals surface area (Å²) in [7, 11) is 0.125. The van der Waals surface area contributed by atoms with Crippen molar-refractivity contribution in [3.05, 3.63) is 0 Å². The summed E-state index contributed by atoms with van der Waals surface area (Å²) in [6, 6.07) is 3.66. The van der Waals surface area contributed by atoms with Crippen molar-refractivity contribution in [1.29, 1.82) is 0 Å². The quantitative estimate of drug-likeness (QED) is 0.193. The highest BCUT2D eigenvalue weighted by atomic mass is 79.9. The first-order valence-corrected chi connectivity index (χ1v) is 16.1. The number of rotatable bonds is 13. The van der Waals surface area contributed by atoms with Crippen LogP contribution in [0.25, 0.3) is 0 Å². The van der Waals surface area contributed by atoms with Gasteiger partial charge in [0.1, 0.15) is 0 Å². The summed E-state index contributed by atoms with van der Waals surface area (Å²) in [5.41, 5.74) is 0. The molecule has 0 rings (SSSR count). The highest BCUT2D eigenvalue weighted by Gasteiger charge is 2.40. The van der Waals surface area contributed by atoms with E-state index in [0.29, 0.717) is 8.90 Å². The Balaban J connectivity index is 0. The van der Waals surface area contributed by atoms with Crippen molar-refractivity contribution in [2.24, 2.45) is 0 Å². The molecule has 0 spiro atoms. The molecular formula is C18H42Br2O3Si2. The molecular weight excluding hydrogens is 480 g/mol. The van der Waals surface area contributed by atoms with Crippen molar-refractivity contribution in [3.8, 4) is 0 Å². The lowest BCUT2D eigenvalue weighted by atomic mass is 10.4. The average molecular weight is 523 g/mol. The van der Waals surface area contributed by atoms with E-state index in [9.17, 15) is 0 Å². The average Bonchev–Trinajstić information content (AvgIpc) is 2.57. The van der Waals surface area contributed by atoms with Crippen molar-refractivity contribution in [2.45, 2.75) is 94.3 Å². The lowest BCUT2D eigenvalue weighted by molar-refractivity contribution is 0.240. The molecule has 0 saturated carbocycles. The summed E-state index contributed by atoms with van der Waals surface area (Å²) in [4.78, 5) is 0. The maximum absolute atomic E-state index is 6.06. The van der Waals surface area contributed by atoms with Crippen LogP contribution in [0.3, 0.4) is 0 Å². The first-order valence-electron chi connectivity index (χ1n) is 9.78. The van der Waals surface area contributed by atoms with Gasteiger partial charge in [0.25, 0.3) is 0 Å². The van der Waals surface area contributed by atoms with E-state index < -0.39 is 16.9 Å². The Morgan fingerprint density at radius 3 is 1.48 bits per heavy atom. The molecule has 0 radical (unpaired) electrons. The highest BCUT2D eigenvalue weighted by Crippen LogP contribution is 2.29. The fourth-order valence-electron chi connectivity index (χ4n) is 3.15. The fraction of sp³-hybridized carbons (Fsp3) is 1.00. The van der Waals surface area contributed by atoms with Crippen LogP contribution in [0.5, 0.6) is 0 Å². The van der Waals surface area contributed by atoms with Gasteiger partial charge in [0, 0.05) is 25.3 Å². The minimum atomic E-state index is -1.93. The van der Waals surface area contributed by atoms with Gasteiger partial charge in [0.05, 0.1) is 4.45 Å². The van der Waals surface area contributed by atoms with Crippen LogP contribution in [0, 0.1) is 0 Å². The first kappa shape index (κ1) is 28.5. The molecule has 0 bridgehead atoms. The zero-order chi connectivity index (χ0) is 19.9. The Bertz CT molecular complexity index is 285. The monoisotopic (exact) mass is 520 g/mol. The molecule has 2 atom stereocenters. The zero-order valence-electron chi connectivity index (χ0n) is 17.8. The van der Waals surface area contributed by atoms with Crippen molar-refractivity contribution in [2.75, 3.05) is 20.8 Å². The number of halogens is 2. The van der Waals surface area contributed by atoms with E-state index in [1.54, 1.807) is 14.2 Å². The normalized spacial score (nSPS) is 14.6. The molecule has 0 aromatic carbocycles. The Hall–Kier alpha value is 1.27. The van der Waals surface area contributed by atoms with Crippen LogP contribution in [0.4, 0.5) is 0 Å². The van der Waals surface area contributed by atoms with Crippen LogP contribution < -0.4 is 0 Å². The molecule has 0 aliphatic carbocycles. The van der Waals surface area contributed by atoms with E-state index in [1.165, 1.54) is 37.8 Å². The maximum atomic E-state index is 6.06. The minimum absolute atomic E-state index is 0.353. The van der Waals surface area contributed by atoms with E-state index in [0.717, 1.165) is 12.7 Å². The van der Waals surface area contributed by atoms with Crippen molar-refractivity contribution in [3.63, 3.8) is 0 Å². The van der Waals surface area contributed by atoms with Crippen LogP contribution in [0.15, 0.2) is 0 Å². The third kappa shape index (κ3) is 10.4. The van der Waals surface area contributed by atoms with Crippen LogP contribution in [0.2, 0.25) is 18.1 Å². The third-order valence-electron chi connectivity index (χ3n) is 4.68. The molecule has 0 aliphatic rings. The van der Waals surface area contributed by atoms with Crippen molar-refractivity contribution < 1.29 is 13.3 Å². The molecule has 0 aromatic rings. The molecule has 0 heterocycles. The van der Waals surface area contributed by atoms with Gasteiger partial charge in [0.15, 0.2) is 0 Å². The molecule has 0 saturated heterocycles. The summed E-state index contributed by atoms with van der Waals surface area (Å²) in [6.45, 7) is 14.0. The van der Waals surface area contributed by atoms with Crippen LogP contribution in [0.1, 0.15) is 67.2 Å². The summed E-state index contributed by atoms with van der Waals surface area (Å²) in [5.74, 6) is 0. The van der Waals surface area contributed by atoms with Gasteiger partial charge >= 0.3 is 8.56 Å². The van der Waals surface area contributed by atoms with E-state index in [4.69, 9.17) is 13.3 Å². The second kappa shape index (κ2) is 16.2. The highest BCUT2D eigenvalue weighted by molar-refractivity contribution is 9.10. The van der Waals surface area contributed by atoms with Gasteiger partial charge < -0.3 is 13.3 Å². The summed E-state index contributed by atoms with van der Waals surface area (Å²) >= 11 is 7.30. The predicted octanol–water partition coefficient (Wildman–Crippen LogP) is 6.96. The number of unbranched alkanes of at least 4 members (excludes halogenated alkanes) is 1. The standard InChI is InChI=1S/C10H23BrOSi.C8H19BrO2Si/c1-5-8-13(9-6-2,10(4)11)12-7-3;1-5-6-7-12(10-3,11-4)8(2)9/h10H,5-9H2,1-4H3;8H,5-7H2,1-4H3. The van der Waals surface area contributed by atoms with E-state index in [1.807, 2.05) is 0 Å². The summed E-state index contributed by atoms with van der Waals surface area (Å²) < 4.78 is 18.0. The number of hydrogen-bond donors (Lipinski definition) is 0. The lowest BCUT2D eigenvalue weighted by Crippen LogP contribution is -2.47. The second-order valence-electron chi connectivity index (χ2n) is 6.55. The molecule has 7 heteroatoms. The Morgan fingerprint density at radius 1 is 0.760 bits per heavy atom. The molecule has 0 N–H and O–H groups in total. The zero-order valence-corrected chi connectivity index (χ0v) is 23.0. The molecule has 0 fully saturated rings. The van der Waals surface area contributed by atoms with Crippen LogP contribution in [-0.4, -0.2) is 46.6 Å². The largest absolute Gasteiger partial charge is 0.416 e. The van der Waals surface area contributed by atoms with Gasteiger partial charge in [-0.15, -0.1) is 0 Å². The van der Waals surface area contributed by atoms with Gasteiger partial charge in [-0.3, -0.25) is 0 Å². The number of alkyl halides is 2. The fourth-order valence-corrected chi connectivity index (χ4v) is 13.0. The van der Waals surface area contributed by atoms with Gasteiger partial charge in [-0.1, -0.05) is 92.2 Å². The second-order valence-corrected chi connectivity index (χ2v) is 19.1. The van der Waals surface area contributed by atoms with Gasteiger partial charge in [-0.25, -0.2) is 0 Å². The SMILES string of the molecule is CCCC[Si](OC)(OC)C(C)Br.CCC[Si](CCC)(OCC)C(C)Br. The van der Waals surface area contributed by atoms with Gasteiger partial charge in [-0.2, -0.15) is 0 Å². The lowest BCUT2D eigenvalue weighted by Gasteiger charge is -2.33. The Morgan fingerprint density at radius 2 is 1.24 bits per heavy atom. The van der Waals surface area contributed by atoms with Crippen molar-refractivity contribution in [1.82, 2.24) is 0 Å². The molecule has 0 aliphatic heterocycles. The van der Waals surface area contributed by atoms with Crippen LogP contribution in [-0.2, 0) is 13.3 Å². The van der Waals surface area contributed by atoms with Crippen LogP contribution >= 0.6 is 31.9 Å². The first-order chi connectivity index (χ1) is 11.8. The third-order valence-corrected chi connectivity index (χ3v) is 17.9. The molecule has 0 aromatic heterocycles. The molecule has 0 amide bonds. The Labute approximate surface area is 176 Å². The topological polar surface area (TPSA) is 27.7 Å². The molecule has 154 valence electrons. The van der Waals surface area contributed by atoms with Gasteiger partial charge in [0.2, 0.25) is 8.32 Å². The van der Waals surface area contributed by atoms with E-state index in [-0.39, 0.29) is 0 Å². The molecule has 25 heavy (non-hydrogen) atoms. The van der Waals surface area contributed by atoms with Crippen molar-refractivity contribution >= 4 is 48.7 Å². The van der Waals surface area contributed by atoms with E-state index in [2.05, 4.69) is 73.4 Å². The Kier molecular flexibility index (Phi) is 18.5. The minimum Gasteiger partial charge on any atom is -0.416 e. The molecule has 3 nitrogen and oxygen atoms in total. The summed E-state index contributed by atoms with van der Waals surface area (Å²) in [5, 5.41) is 0. The smallest absolute Gasteiger partial charge is 0.351 e. The summed E-state index contributed by atoms with van der Waals surface area (Å²) in [6.07, 6.45) is 4.88. The van der Waals surface area contributed by atoms with Gasteiger partial charge in [-0.05, 0) is 25.1 Å². The molecule has 2 unspecified atom stereocenters. The number of hydrogen-bond acceptors (Lipinski definition) is 3.